The number of carbonyl (C=O) groups is 2. The minimum absolute atomic E-state index is 0.0849. The topological polar surface area (TPSA) is 88.5 Å². The number of nitrogens with zero attached hydrogens (tertiary/aromatic N) is 2. The standard InChI is InChI=1S/C24H30N2O6/c1-3-30-21-7-4-5-8-22(21)31-17-23(28)25-13-6-14-26(16-15-25)24(29)18(2)32-20-11-9-19(27)10-12-20/h4-5,7-12,18,27H,3,6,13-17H2,1-2H3. The Hall–Kier alpha value is -3.42. The number of ether oxygens (including phenoxy) is 3. The molecule has 1 N–H and O–H groups in total. The molecule has 0 bridgehead atoms. The minimum Gasteiger partial charge on any atom is -0.508 e. The third-order valence-corrected chi connectivity index (χ3v) is 5.16. The highest BCUT2D eigenvalue weighted by molar-refractivity contribution is 5.81. The lowest BCUT2D eigenvalue weighted by atomic mass is 10.3. The molecule has 0 aromatic heterocycles. The predicted molar refractivity (Wildman–Crippen MR) is 119 cm³/mol. The van der Waals surface area contributed by atoms with Crippen molar-refractivity contribution in [2.75, 3.05) is 39.4 Å². The van der Waals surface area contributed by atoms with E-state index < -0.39 is 6.10 Å². The summed E-state index contributed by atoms with van der Waals surface area (Å²) in [5, 5.41) is 9.37. The first-order chi connectivity index (χ1) is 15.5. The largest absolute Gasteiger partial charge is 0.508 e. The van der Waals surface area contributed by atoms with Crippen molar-refractivity contribution in [1.82, 2.24) is 9.80 Å². The molecule has 8 heteroatoms. The van der Waals surface area contributed by atoms with Crippen molar-refractivity contribution < 1.29 is 28.9 Å². The molecule has 32 heavy (non-hydrogen) atoms. The van der Waals surface area contributed by atoms with E-state index in [1.165, 1.54) is 12.1 Å². The van der Waals surface area contributed by atoms with Crippen LogP contribution >= 0.6 is 0 Å². The van der Waals surface area contributed by atoms with E-state index in [1.807, 2.05) is 19.1 Å². The van der Waals surface area contributed by atoms with E-state index in [1.54, 1.807) is 41.0 Å². The Balaban J connectivity index is 1.50. The van der Waals surface area contributed by atoms with Gasteiger partial charge in [0.05, 0.1) is 6.61 Å². The molecule has 0 spiro atoms. The van der Waals surface area contributed by atoms with Crippen LogP contribution < -0.4 is 14.2 Å². The van der Waals surface area contributed by atoms with Gasteiger partial charge in [-0.05, 0) is 56.7 Å². The van der Waals surface area contributed by atoms with Gasteiger partial charge >= 0.3 is 0 Å². The van der Waals surface area contributed by atoms with Crippen LogP contribution in [0.3, 0.4) is 0 Å². The molecule has 3 rings (SSSR count). The van der Waals surface area contributed by atoms with Crippen LogP contribution in [0.4, 0.5) is 0 Å². The summed E-state index contributed by atoms with van der Waals surface area (Å²) in [4.78, 5) is 29.0. The highest BCUT2D eigenvalue weighted by atomic mass is 16.5. The summed E-state index contributed by atoms with van der Waals surface area (Å²) in [6.45, 7) is 6.01. The first kappa shape index (κ1) is 23.2. The number of amides is 2. The summed E-state index contributed by atoms with van der Waals surface area (Å²) < 4.78 is 16.9. The van der Waals surface area contributed by atoms with E-state index in [0.717, 1.165) is 0 Å². The van der Waals surface area contributed by atoms with E-state index in [-0.39, 0.29) is 24.2 Å². The Bertz CT molecular complexity index is 902. The van der Waals surface area contributed by atoms with Crippen LogP contribution in [0.25, 0.3) is 0 Å². The number of hydrogen-bond donors (Lipinski definition) is 1. The summed E-state index contributed by atoms with van der Waals surface area (Å²) in [5.74, 6) is 1.54. The molecular formula is C24H30N2O6. The predicted octanol–water partition coefficient (Wildman–Crippen LogP) is 2.70. The number of phenolic OH excluding ortho intramolecular Hbond substituents is 1. The zero-order valence-electron chi connectivity index (χ0n) is 18.5. The van der Waals surface area contributed by atoms with Gasteiger partial charge in [0.25, 0.3) is 11.8 Å². The number of phenols is 1. The zero-order chi connectivity index (χ0) is 22.9. The summed E-state index contributed by atoms with van der Waals surface area (Å²) in [6.07, 6.45) is 0.0130. The Morgan fingerprint density at radius 1 is 0.938 bits per heavy atom. The van der Waals surface area contributed by atoms with Crippen LogP contribution in [0.15, 0.2) is 48.5 Å². The molecule has 2 aromatic carbocycles. The molecule has 0 radical (unpaired) electrons. The Morgan fingerprint density at radius 3 is 2.25 bits per heavy atom. The smallest absolute Gasteiger partial charge is 0.263 e. The summed E-state index contributed by atoms with van der Waals surface area (Å²) in [6, 6.07) is 13.5. The third kappa shape index (κ3) is 6.29. The quantitative estimate of drug-likeness (QED) is 0.676. The van der Waals surface area contributed by atoms with Gasteiger partial charge in [-0.1, -0.05) is 12.1 Å². The SMILES string of the molecule is CCOc1ccccc1OCC(=O)N1CCCN(C(=O)C(C)Oc2ccc(O)cc2)CC1. The van der Waals surface area contributed by atoms with Gasteiger partial charge in [-0.15, -0.1) is 0 Å². The molecule has 2 amide bonds. The average molecular weight is 443 g/mol. The van der Waals surface area contributed by atoms with Crippen LogP contribution in [0.2, 0.25) is 0 Å². The Kier molecular flexibility index (Phi) is 8.19. The van der Waals surface area contributed by atoms with Gasteiger partial charge in [0.2, 0.25) is 0 Å². The van der Waals surface area contributed by atoms with Crippen molar-refractivity contribution in [1.29, 1.82) is 0 Å². The number of rotatable bonds is 8. The molecule has 1 atom stereocenters. The van der Waals surface area contributed by atoms with E-state index in [2.05, 4.69) is 0 Å². The molecule has 1 fully saturated rings. The van der Waals surface area contributed by atoms with E-state index in [0.29, 0.717) is 56.5 Å². The summed E-state index contributed by atoms with van der Waals surface area (Å²) in [7, 11) is 0. The van der Waals surface area contributed by atoms with Crippen molar-refractivity contribution >= 4 is 11.8 Å². The third-order valence-electron chi connectivity index (χ3n) is 5.16. The summed E-state index contributed by atoms with van der Waals surface area (Å²) in [5.41, 5.74) is 0. The zero-order valence-corrected chi connectivity index (χ0v) is 18.5. The second-order valence-electron chi connectivity index (χ2n) is 7.48. The van der Waals surface area contributed by atoms with Gasteiger partial charge in [0.15, 0.2) is 24.2 Å². The van der Waals surface area contributed by atoms with E-state index in [9.17, 15) is 14.7 Å². The summed E-state index contributed by atoms with van der Waals surface area (Å²) >= 11 is 0. The van der Waals surface area contributed by atoms with E-state index in [4.69, 9.17) is 14.2 Å². The maximum Gasteiger partial charge on any atom is 0.263 e. The van der Waals surface area contributed by atoms with Crippen molar-refractivity contribution in [3.8, 4) is 23.0 Å². The maximum absolute atomic E-state index is 12.8. The second-order valence-corrected chi connectivity index (χ2v) is 7.48. The molecular weight excluding hydrogens is 412 g/mol. The lowest BCUT2D eigenvalue weighted by Gasteiger charge is -2.25. The molecule has 0 aliphatic carbocycles. The van der Waals surface area contributed by atoms with E-state index >= 15 is 0 Å². The monoisotopic (exact) mass is 442 g/mol. The first-order valence-corrected chi connectivity index (χ1v) is 10.8. The number of para-hydroxylation sites is 2. The average Bonchev–Trinajstić information content (AvgIpc) is 3.06. The van der Waals surface area contributed by atoms with Gasteiger partial charge < -0.3 is 29.1 Å². The van der Waals surface area contributed by atoms with Crippen molar-refractivity contribution in [3.05, 3.63) is 48.5 Å². The fourth-order valence-corrected chi connectivity index (χ4v) is 3.50. The van der Waals surface area contributed by atoms with Gasteiger partial charge in [-0.2, -0.15) is 0 Å². The van der Waals surface area contributed by atoms with Crippen LogP contribution in [0.5, 0.6) is 23.0 Å². The Labute approximate surface area is 188 Å². The number of hydrogen-bond acceptors (Lipinski definition) is 6. The molecule has 172 valence electrons. The minimum atomic E-state index is -0.666. The van der Waals surface area contributed by atoms with Gasteiger partial charge in [0, 0.05) is 26.2 Å². The number of carbonyl (C=O) groups excluding carboxylic acids is 2. The highest BCUT2D eigenvalue weighted by Gasteiger charge is 2.26. The Morgan fingerprint density at radius 2 is 1.56 bits per heavy atom. The normalized spacial score (nSPS) is 14.9. The number of benzene rings is 2. The van der Waals surface area contributed by atoms with Gasteiger partial charge in [-0.3, -0.25) is 9.59 Å². The fourth-order valence-electron chi connectivity index (χ4n) is 3.50. The molecule has 1 heterocycles. The molecule has 8 nitrogen and oxygen atoms in total. The molecule has 1 unspecified atom stereocenters. The molecule has 0 saturated carbocycles. The molecule has 2 aromatic rings. The van der Waals surface area contributed by atoms with Crippen molar-refractivity contribution in [2.24, 2.45) is 0 Å². The van der Waals surface area contributed by atoms with Gasteiger partial charge in [0.1, 0.15) is 11.5 Å². The maximum atomic E-state index is 12.8. The lowest BCUT2D eigenvalue weighted by Crippen LogP contribution is -2.43. The fraction of sp³-hybridized carbons (Fsp3) is 0.417. The lowest BCUT2D eigenvalue weighted by molar-refractivity contribution is -0.138. The second kappa shape index (κ2) is 11.3. The molecule has 1 aliphatic heterocycles. The van der Waals surface area contributed by atoms with Crippen molar-refractivity contribution in [2.45, 2.75) is 26.4 Å². The highest BCUT2D eigenvalue weighted by Crippen LogP contribution is 2.26. The molecule has 1 saturated heterocycles. The van der Waals surface area contributed by atoms with Crippen LogP contribution in [0, 0.1) is 0 Å². The van der Waals surface area contributed by atoms with Gasteiger partial charge in [-0.25, -0.2) is 0 Å². The van der Waals surface area contributed by atoms with Crippen LogP contribution in [0.1, 0.15) is 20.3 Å². The van der Waals surface area contributed by atoms with Crippen LogP contribution in [-0.4, -0.2) is 72.2 Å². The van der Waals surface area contributed by atoms with Crippen LogP contribution in [-0.2, 0) is 9.59 Å². The molecule has 1 aliphatic rings. The van der Waals surface area contributed by atoms with Crippen molar-refractivity contribution in [3.63, 3.8) is 0 Å². The first-order valence-electron chi connectivity index (χ1n) is 10.8. The number of aromatic hydroxyl groups is 1.